The average molecular weight is 1080 g/mol. The summed E-state index contributed by atoms with van der Waals surface area (Å²) in [6.45, 7) is 6.72. The molecule has 0 unspecified atom stereocenters. The lowest BCUT2D eigenvalue weighted by Gasteiger charge is -2.47. The molecule has 6 nitrogen and oxygen atoms in total. The third-order valence-corrected chi connectivity index (χ3v) is 14.2. The molecule has 3 aliphatic rings. The molecule has 11 aromatic carbocycles. The highest BCUT2D eigenvalue weighted by Crippen LogP contribution is 2.54. The first-order chi connectivity index (χ1) is 56.2. The first kappa shape index (κ1) is 22.1. The fraction of sp³-hybridized carbons (Fsp3) is 0.108. The molecule has 0 spiro atoms. The Balaban J connectivity index is 1.25. The summed E-state index contributed by atoms with van der Waals surface area (Å²) in [7, 11) is 0. The van der Waals surface area contributed by atoms with E-state index < -0.39 is 393 Å². The SMILES string of the molecule is [2H]c1c([2H])c([2H])c(N(c2c([2H])c([2H])c([2H])c([2H])c2[2H])c2c([2H])c3c4c(c2[2H])N2c5c(c([2H])c([2H])c([2H])c5-n5c6c([2H])c([2H])c([2H])c([2H])c6c6c([2H])c([2H])c([2H])c2c65)B4c2c([2H])c([2H])c(N(c4c([2H])c([2H])c(C(C)(C)C)c([2H])c4[2H])c4c([2H])c([2H])c(C(C)(C)C)c([2H])c4[2H])c([2H])c2N3c2c([2H])c([2H])c3c(oc4c([2H])c([2H])c([2H])c([2H])c43)c2[2H])c([2H])c1[2H]. The van der Waals surface area contributed by atoms with Crippen LogP contribution in [0.5, 0.6) is 0 Å². The molecule has 0 atom stereocenters. The summed E-state index contributed by atoms with van der Waals surface area (Å²) >= 11 is 0. The maximum absolute atomic E-state index is 11.4. The molecule has 0 bridgehead atoms. The van der Waals surface area contributed by atoms with Crippen LogP contribution < -0.4 is 36.0 Å². The van der Waals surface area contributed by atoms with Crippen LogP contribution in [0.4, 0.5) is 68.2 Å². The van der Waals surface area contributed by atoms with Crippen molar-refractivity contribution in [1.82, 2.24) is 4.57 Å². The summed E-state index contributed by atoms with van der Waals surface area (Å²) in [5.74, 6) is 0. The molecule has 388 valence electrons. The van der Waals surface area contributed by atoms with Gasteiger partial charge in [-0.05, 0) is 147 Å². The Kier molecular flexibility index (Phi) is 4.74. The van der Waals surface area contributed by atoms with Crippen molar-refractivity contribution >= 4 is 135 Å². The summed E-state index contributed by atoms with van der Waals surface area (Å²) in [5.41, 5.74) is -22.6. The highest BCUT2D eigenvalue weighted by Gasteiger charge is 2.47. The lowest BCUT2D eigenvalue weighted by Crippen LogP contribution is -2.61. The van der Waals surface area contributed by atoms with Gasteiger partial charge in [0.15, 0.2) is 0 Å². The Bertz CT molecular complexity index is 6900. The average Bonchev–Trinajstić information content (AvgIpc) is 1.64. The monoisotopic (exact) mass is 1080 g/mol. The fourth-order valence-corrected chi connectivity index (χ4v) is 10.5. The van der Waals surface area contributed by atoms with Gasteiger partial charge in [0.25, 0.3) is 6.71 Å². The maximum atomic E-state index is 11.4. The van der Waals surface area contributed by atoms with E-state index in [0.717, 1.165) is 9.47 Å². The smallest absolute Gasteiger partial charge is 0.252 e. The minimum atomic E-state index is -2.48. The molecule has 13 aromatic rings. The zero-order valence-electron chi connectivity index (χ0n) is 83.2. The summed E-state index contributed by atoms with van der Waals surface area (Å²) < 4.78 is 400. The number of nitrogens with zero attached hydrogens (tertiary/aromatic N) is 5. The Morgan fingerprint density at radius 2 is 0.914 bits per heavy atom. The van der Waals surface area contributed by atoms with Crippen molar-refractivity contribution in [3.05, 3.63) is 253 Å². The lowest BCUT2D eigenvalue weighted by atomic mass is 9.33. The van der Waals surface area contributed by atoms with E-state index in [9.17, 15) is 45.2 Å². The van der Waals surface area contributed by atoms with Crippen LogP contribution in [0.15, 0.2) is 246 Å². The molecular weight excluding hydrogens is 986 g/mol. The molecule has 81 heavy (non-hydrogen) atoms. The molecule has 0 saturated carbocycles. The van der Waals surface area contributed by atoms with E-state index >= 15 is 0 Å². The number of rotatable bonds is 7. The van der Waals surface area contributed by atoms with Gasteiger partial charge in [0.1, 0.15) is 11.2 Å². The third kappa shape index (κ3) is 7.14. The van der Waals surface area contributed by atoms with E-state index in [-0.39, 0.29) is 11.1 Å². The standard InChI is InChI=1S/C74H58BN5O/c1-73(2,3)47-31-35-51(36-32-47)76(52-37-33-48(34-38-52)74(4,5)6)53-40-42-60-65(43-53)78(54-39-41-58-57-24-14-16-30-68(57)81-69(58)46-54)66-44-55(77(49-19-9-7-10-20-49)50-21-11-8-12-22-50)45-67-70(66)75(60)61-26-18-29-64-72(61)80(67)63-28-17-25-59-56-23-13-15-27-62(56)79(64)71(59)63/h7-46H,1-6H3/i7D,8D,9D,10D,11D,12D,13D,14D,15D,16D,17D,18D,19D,20D,21D,22D,23D,24D,25D,26D,27D,28D,29D,30D,31D,32D,33D,34D,35D,36D,37D,38D,39D,40D,41D,42D,43D,44D,45D,46D. The van der Waals surface area contributed by atoms with Gasteiger partial charge in [-0.1, -0.05) is 168 Å². The van der Waals surface area contributed by atoms with Crippen LogP contribution in [0.25, 0.3) is 49.4 Å². The first-order valence-corrected chi connectivity index (χ1v) is 25.1. The van der Waals surface area contributed by atoms with Crippen LogP contribution in [-0.2, 0) is 10.8 Å². The number of furan rings is 1. The molecule has 2 aromatic heterocycles. The number of hydrogen-bond donors (Lipinski definition) is 0. The Morgan fingerprint density at radius 3 is 1.59 bits per heavy atom. The van der Waals surface area contributed by atoms with Crippen molar-refractivity contribution in [2.45, 2.75) is 52.4 Å². The fourth-order valence-electron chi connectivity index (χ4n) is 10.5. The van der Waals surface area contributed by atoms with Gasteiger partial charge in [0, 0.05) is 78.8 Å². The van der Waals surface area contributed by atoms with E-state index in [1.54, 1.807) is 0 Å². The van der Waals surface area contributed by atoms with Crippen molar-refractivity contribution in [1.29, 1.82) is 0 Å². The van der Waals surface area contributed by atoms with Gasteiger partial charge in [0.05, 0.1) is 88.6 Å². The van der Waals surface area contributed by atoms with Gasteiger partial charge in [-0.25, -0.2) is 0 Å². The van der Waals surface area contributed by atoms with Crippen LogP contribution in [0.3, 0.4) is 0 Å². The highest BCUT2D eigenvalue weighted by atomic mass is 16.3. The van der Waals surface area contributed by atoms with E-state index in [1.807, 2.05) is 0 Å². The Labute approximate surface area is 529 Å². The second kappa shape index (κ2) is 17.4. The van der Waals surface area contributed by atoms with Crippen LogP contribution >= 0.6 is 0 Å². The molecule has 5 heterocycles. The van der Waals surface area contributed by atoms with E-state index in [2.05, 4.69) is 0 Å². The van der Waals surface area contributed by atoms with E-state index in [1.165, 1.54) is 41.5 Å². The highest BCUT2D eigenvalue weighted by molar-refractivity contribution is 7.00. The van der Waals surface area contributed by atoms with Crippen molar-refractivity contribution in [2.75, 3.05) is 19.6 Å². The Morgan fingerprint density at radius 1 is 0.383 bits per heavy atom. The normalized spacial score (nSPS) is 20.1. The topological polar surface area (TPSA) is 31.0 Å². The Hall–Kier alpha value is -9.72. The van der Waals surface area contributed by atoms with Crippen LogP contribution in [0, 0.1) is 0 Å². The van der Waals surface area contributed by atoms with Crippen LogP contribution in [0.2, 0.25) is 0 Å². The molecule has 0 saturated heterocycles. The van der Waals surface area contributed by atoms with Crippen molar-refractivity contribution < 1.29 is 59.2 Å². The van der Waals surface area contributed by atoms with Gasteiger partial charge >= 0.3 is 0 Å². The second-order valence-corrected chi connectivity index (χ2v) is 21.1. The summed E-state index contributed by atoms with van der Waals surface area (Å²) in [6.07, 6.45) is 0. The quantitative estimate of drug-likeness (QED) is 0.148. The molecule has 7 heteroatoms. The van der Waals surface area contributed by atoms with E-state index in [4.69, 9.17) is 14.0 Å². The van der Waals surface area contributed by atoms with Gasteiger partial charge < -0.3 is 28.6 Å². The minimum absolute atomic E-state index is 0.266. The molecule has 16 rings (SSSR count). The predicted molar refractivity (Wildman–Crippen MR) is 342 cm³/mol. The maximum Gasteiger partial charge on any atom is 0.252 e. The zero-order chi connectivity index (χ0) is 89.3. The number of fused-ring (bicyclic) bond motifs is 12. The van der Waals surface area contributed by atoms with Crippen molar-refractivity contribution in [2.24, 2.45) is 0 Å². The molecule has 0 aliphatic carbocycles. The third-order valence-electron chi connectivity index (χ3n) is 14.2. The van der Waals surface area contributed by atoms with Crippen molar-refractivity contribution in [3.63, 3.8) is 0 Å². The second-order valence-electron chi connectivity index (χ2n) is 21.1. The molecule has 0 amide bonds. The number of hydrogen-bond acceptors (Lipinski definition) is 5. The number of benzene rings is 11. The zero-order valence-corrected chi connectivity index (χ0v) is 43.2. The van der Waals surface area contributed by atoms with Crippen LogP contribution in [0.1, 0.15) is 107 Å². The predicted octanol–water partition coefficient (Wildman–Crippen LogP) is 18.6. The lowest BCUT2D eigenvalue weighted by molar-refractivity contribution is 0.590. The summed E-state index contributed by atoms with van der Waals surface area (Å²) in [4.78, 5) is 2.11. The minimum Gasteiger partial charge on any atom is -0.456 e. The largest absolute Gasteiger partial charge is 0.456 e. The number of anilines is 12. The summed E-state index contributed by atoms with van der Waals surface area (Å²) in [5, 5.41) is -2.47. The van der Waals surface area contributed by atoms with Crippen molar-refractivity contribution in [3.8, 4) is 5.69 Å². The molecular formula is C74H58BN5O. The van der Waals surface area contributed by atoms with Gasteiger partial charge in [0.2, 0.25) is 0 Å². The molecule has 0 N–H and O–H groups in total. The van der Waals surface area contributed by atoms with Gasteiger partial charge in [-0.2, -0.15) is 0 Å². The van der Waals surface area contributed by atoms with Gasteiger partial charge in [-0.15, -0.1) is 0 Å². The van der Waals surface area contributed by atoms with E-state index in [0.29, 0.717) is 14.7 Å². The number of para-hydroxylation sites is 6. The molecule has 0 radical (unpaired) electrons. The molecule has 0 fully saturated rings. The molecule has 3 aliphatic heterocycles. The number of aromatic nitrogens is 1. The first-order valence-electron chi connectivity index (χ1n) is 45.1. The summed E-state index contributed by atoms with van der Waals surface area (Å²) in [6, 6.07) is -44.4. The van der Waals surface area contributed by atoms with Gasteiger partial charge in [-0.3, -0.25) is 0 Å². The van der Waals surface area contributed by atoms with Crippen LogP contribution in [-0.4, -0.2) is 11.3 Å².